The summed E-state index contributed by atoms with van der Waals surface area (Å²) in [6.07, 6.45) is 5.03. The number of aryl methyl sites for hydroxylation is 1. The molecule has 0 saturated heterocycles. The van der Waals surface area contributed by atoms with Crippen molar-refractivity contribution in [3.05, 3.63) is 11.7 Å². The molecule has 1 aliphatic carbocycles. The van der Waals surface area contributed by atoms with Gasteiger partial charge >= 0.3 is 0 Å². The summed E-state index contributed by atoms with van der Waals surface area (Å²) in [6.45, 7) is 3.90. The molecule has 1 N–H and O–H groups in total. The van der Waals surface area contributed by atoms with Crippen LogP contribution < -0.4 is 5.32 Å². The van der Waals surface area contributed by atoms with Crippen molar-refractivity contribution in [2.24, 2.45) is 5.92 Å². The zero-order chi connectivity index (χ0) is 9.80. The van der Waals surface area contributed by atoms with Crippen molar-refractivity contribution in [2.45, 2.75) is 32.6 Å². The molecule has 0 bridgehead atoms. The van der Waals surface area contributed by atoms with Gasteiger partial charge in [-0.05, 0) is 25.8 Å². The average Bonchev–Trinajstić information content (AvgIpc) is 2.89. The fourth-order valence-corrected chi connectivity index (χ4v) is 1.47. The molecular weight excluding hydrogens is 178 g/mol. The van der Waals surface area contributed by atoms with E-state index in [1.54, 1.807) is 0 Å². The molecule has 2 rings (SSSR count). The molecule has 14 heavy (non-hydrogen) atoms. The quantitative estimate of drug-likeness (QED) is 0.695. The minimum atomic E-state index is 0.720. The lowest BCUT2D eigenvalue weighted by Crippen LogP contribution is -2.19. The minimum Gasteiger partial charge on any atom is -0.339 e. The topological polar surface area (TPSA) is 51.0 Å². The third kappa shape index (κ3) is 3.10. The molecule has 0 spiro atoms. The molecular formula is C10H17N3O. The van der Waals surface area contributed by atoms with E-state index in [4.69, 9.17) is 4.52 Å². The molecule has 1 aromatic heterocycles. The molecule has 1 heterocycles. The second-order valence-electron chi connectivity index (χ2n) is 3.97. The van der Waals surface area contributed by atoms with Crippen LogP contribution >= 0.6 is 0 Å². The molecule has 1 aliphatic rings. The summed E-state index contributed by atoms with van der Waals surface area (Å²) in [6, 6.07) is 0. The van der Waals surface area contributed by atoms with Gasteiger partial charge in [0.25, 0.3) is 0 Å². The van der Waals surface area contributed by atoms with Gasteiger partial charge in [0.1, 0.15) is 0 Å². The van der Waals surface area contributed by atoms with Crippen LogP contribution in [0.1, 0.15) is 31.0 Å². The van der Waals surface area contributed by atoms with E-state index in [0.29, 0.717) is 0 Å². The number of aromatic nitrogens is 2. The lowest BCUT2D eigenvalue weighted by Gasteiger charge is -2.00. The zero-order valence-electron chi connectivity index (χ0n) is 8.62. The second kappa shape index (κ2) is 4.55. The van der Waals surface area contributed by atoms with Gasteiger partial charge in [0.05, 0.1) is 0 Å². The minimum absolute atomic E-state index is 0.720. The largest absolute Gasteiger partial charge is 0.339 e. The molecule has 78 valence electrons. The van der Waals surface area contributed by atoms with Crippen molar-refractivity contribution in [2.75, 3.05) is 13.1 Å². The highest BCUT2D eigenvalue weighted by Gasteiger charge is 2.19. The molecule has 4 heteroatoms. The van der Waals surface area contributed by atoms with Gasteiger partial charge in [-0.3, -0.25) is 0 Å². The van der Waals surface area contributed by atoms with Crippen LogP contribution in [-0.2, 0) is 6.42 Å². The fourth-order valence-electron chi connectivity index (χ4n) is 1.47. The van der Waals surface area contributed by atoms with E-state index in [1.807, 2.05) is 6.92 Å². The van der Waals surface area contributed by atoms with Crippen molar-refractivity contribution >= 4 is 0 Å². The number of rotatable bonds is 6. The van der Waals surface area contributed by atoms with Gasteiger partial charge in [-0.1, -0.05) is 18.0 Å². The van der Waals surface area contributed by atoms with Crippen molar-refractivity contribution in [1.82, 2.24) is 15.5 Å². The highest BCUT2D eigenvalue weighted by atomic mass is 16.5. The fraction of sp³-hybridized carbons (Fsp3) is 0.800. The van der Waals surface area contributed by atoms with Gasteiger partial charge in [0.15, 0.2) is 5.82 Å². The maximum atomic E-state index is 5.00. The predicted octanol–water partition coefficient (Wildman–Crippen LogP) is 1.31. The summed E-state index contributed by atoms with van der Waals surface area (Å²) >= 11 is 0. The van der Waals surface area contributed by atoms with E-state index in [2.05, 4.69) is 15.5 Å². The van der Waals surface area contributed by atoms with Gasteiger partial charge in [-0.2, -0.15) is 4.98 Å². The van der Waals surface area contributed by atoms with Crippen molar-refractivity contribution < 1.29 is 4.52 Å². The normalized spacial score (nSPS) is 16.1. The average molecular weight is 195 g/mol. The van der Waals surface area contributed by atoms with Gasteiger partial charge in [0, 0.05) is 13.0 Å². The molecule has 0 aromatic carbocycles. The lowest BCUT2D eigenvalue weighted by molar-refractivity contribution is 0.372. The van der Waals surface area contributed by atoms with Crippen LogP contribution in [0.5, 0.6) is 0 Å². The monoisotopic (exact) mass is 195 g/mol. The van der Waals surface area contributed by atoms with Crippen LogP contribution in [0.3, 0.4) is 0 Å². The maximum absolute atomic E-state index is 5.00. The summed E-state index contributed by atoms with van der Waals surface area (Å²) in [7, 11) is 0. The highest BCUT2D eigenvalue weighted by Crippen LogP contribution is 2.31. The van der Waals surface area contributed by atoms with Gasteiger partial charge in [-0.15, -0.1) is 0 Å². The number of hydrogen-bond acceptors (Lipinski definition) is 4. The van der Waals surface area contributed by atoms with Gasteiger partial charge < -0.3 is 9.84 Å². The first-order valence-corrected chi connectivity index (χ1v) is 5.34. The summed E-state index contributed by atoms with van der Waals surface area (Å²) < 4.78 is 5.00. The third-order valence-corrected chi connectivity index (χ3v) is 2.51. The van der Waals surface area contributed by atoms with E-state index in [0.717, 1.165) is 37.1 Å². The van der Waals surface area contributed by atoms with Crippen molar-refractivity contribution in [3.63, 3.8) is 0 Å². The SMILES string of the molecule is Cc1noc(CCNCCC2CC2)n1. The van der Waals surface area contributed by atoms with Crippen molar-refractivity contribution in [3.8, 4) is 0 Å². The standard InChI is InChI=1S/C10H17N3O/c1-8-12-10(14-13-8)5-7-11-6-4-9-2-3-9/h9,11H,2-7H2,1H3. The zero-order valence-corrected chi connectivity index (χ0v) is 8.62. The predicted molar refractivity (Wildman–Crippen MR) is 52.9 cm³/mol. The molecule has 0 atom stereocenters. The van der Waals surface area contributed by atoms with Crippen molar-refractivity contribution in [1.29, 1.82) is 0 Å². The van der Waals surface area contributed by atoms with Crippen LogP contribution in [0.15, 0.2) is 4.52 Å². The Bertz CT molecular complexity index is 281. The lowest BCUT2D eigenvalue weighted by atomic mass is 10.3. The Kier molecular flexibility index (Phi) is 3.14. The summed E-state index contributed by atoms with van der Waals surface area (Å²) in [5, 5.41) is 7.13. The summed E-state index contributed by atoms with van der Waals surface area (Å²) in [5.74, 6) is 2.47. The maximum Gasteiger partial charge on any atom is 0.227 e. The van der Waals surface area contributed by atoms with E-state index in [9.17, 15) is 0 Å². The number of nitrogens with one attached hydrogen (secondary N) is 1. The number of hydrogen-bond donors (Lipinski definition) is 1. The molecule has 0 unspecified atom stereocenters. The first-order valence-electron chi connectivity index (χ1n) is 5.34. The third-order valence-electron chi connectivity index (χ3n) is 2.51. The smallest absolute Gasteiger partial charge is 0.227 e. The molecule has 4 nitrogen and oxygen atoms in total. The number of nitrogens with zero attached hydrogens (tertiary/aromatic N) is 2. The molecule has 1 saturated carbocycles. The van der Waals surface area contributed by atoms with E-state index in [1.165, 1.54) is 19.3 Å². The molecule has 1 fully saturated rings. The molecule has 0 amide bonds. The van der Waals surface area contributed by atoms with Gasteiger partial charge in [0.2, 0.25) is 5.89 Å². The van der Waals surface area contributed by atoms with E-state index in [-0.39, 0.29) is 0 Å². The molecule has 0 aliphatic heterocycles. The van der Waals surface area contributed by atoms with Crippen LogP contribution in [0.2, 0.25) is 0 Å². The van der Waals surface area contributed by atoms with Crippen LogP contribution in [-0.4, -0.2) is 23.2 Å². The first kappa shape index (κ1) is 9.65. The molecule has 0 radical (unpaired) electrons. The second-order valence-corrected chi connectivity index (χ2v) is 3.97. The van der Waals surface area contributed by atoms with E-state index >= 15 is 0 Å². The van der Waals surface area contributed by atoms with Crippen LogP contribution in [0.4, 0.5) is 0 Å². The van der Waals surface area contributed by atoms with Crippen LogP contribution in [0.25, 0.3) is 0 Å². The Morgan fingerprint density at radius 2 is 2.29 bits per heavy atom. The first-order chi connectivity index (χ1) is 6.84. The Labute approximate surface area is 84.1 Å². The van der Waals surface area contributed by atoms with Gasteiger partial charge in [-0.25, -0.2) is 0 Å². The Morgan fingerprint density at radius 1 is 1.43 bits per heavy atom. The Balaban J connectivity index is 1.53. The highest BCUT2D eigenvalue weighted by molar-refractivity contribution is 4.83. The summed E-state index contributed by atoms with van der Waals surface area (Å²) in [5.41, 5.74) is 0. The summed E-state index contributed by atoms with van der Waals surface area (Å²) in [4.78, 5) is 4.14. The molecule has 1 aromatic rings. The Hall–Kier alpha value is -0.900. The van der Waals surface area contributed by atoms with E-state index < -0.39 is 0 Å². The van der Waals surface area contributed by atoms with Crippen LogP contribution in [0, 0.1) is 12.8 Å². The Morgan fingerprint density at radius 3 is 2.93 bits per heavy atom.